The highest BCUT2D eigenvalue weighted by atomic mass is 16.5. The normalized spacial score (nSPS) is 26.9. The number of benzene rings is 1. The first-order valence-corrected chi connectivity index (χ1v) is 9.05. The lowest BCUT2D eigenvalue weighted by Gasteiger charge is -2.58. The minimum absolute atomic E-state index is 0.0331. The predicted octanol–water partition coefficient (Wildman–Crippen LogP) is 2.40. The van der Waals surface area contributed by atoms with Gasteiger partial charge in [0.1, 0.15) is 5.75 Å². The van der Waals surface area contributed by atoms with Crippen LogP contribution in [0.5, 0.6) is 5.75 Å². The minimum atomic E-state index is -0.0331. The third kappa shape index (κ3) is 3.40. The van der Waals surface area contributed by atoms with Crippen molar-refractivity contribution < 1.29 is 14.3 Å². The standard InChI is InChI=1S/C20H30N2O3/c1-20(2)18(15-10-11-24-19(15)20)22(5)12-14-8-6-7-9-16(14)25-13-17(23)21(3)4/h6-9,15,18-19H,10-13H2,1-5H3/t15-,18-,19-/m1/s1. The first-order chi connectivity index (χ1) is 11.8. The molecule has 0 spiro atoms. The molecule has 0 bridgehead atoms. The van der Waals surface area contributed by atoms with Crippen molar-refractivity contribution in [1.29, 1.82) is 0 Å². The molecule has 1 aliphatic carbocycles. The molecule has 1 amide bonds. The molecule has 5 nitrogen and oxygen atoms in total. The van der Waals surface area contributed by atoms with E-state index in [1.165, 1.54) is 0 Å². The first-order valence-electron chi connectivity index (χ1n) is 9.05. The average molecular weight is 346 g/mol. The number of carbonyl (C=O) groups excluding carboxylic acids is 1. The summed E-state index contributed by atoms with van der Waals surface area (Å²) in [5.41, 5.74) is 1.29. The van der Waals surface area contributed by atoms with Gasteiger partial charge >= 0.3 is 0 Å². The van der Waals surface area contributed by atoms with Crippen molar-refractivity contribution in [2.45, 2.75) is 39.0 Å². The fourth-order valence-corrected chi connectivity index (χ4v) is 4.60. The van der Waals surface area contributed by atoms with Crippen LogP contribution in [0.1, 0.15) is 25.8 Å². The van der Waals surface area contributed by atoms with Crippen molar-refractivity contribution in [3.8, 4) is 5.75 Å². The molecular formula is C20H30N2O3. The van der Waals surface area contributed by atoms with Crippen molar-refractivity contribution >= 4 is 5.91 Å². The van der Waals surface area contributed by atoms with Crippen LogP contribution >= 0.6 is 0 Å². The molecule has 3 atom stereocenters. The quantitative estimate of drug-likeness (QED) is 0.793. The fraction of sp³-hybridized carbons (Fsp3) is 0.650. The minimum Gasteiger partial charge on any atom is -0.483 e. The summed E-state index contributed by atoms with van der Waals surface area (Å²) in [6, 6.07) is 8.51. The van der Waals surface area contributed by atoms with E-state index in [0.29, 0.717) is 18.1 Å². The molecule has 25 heavy (non-hydrogen) atoms. The largest absolute Gasteiger partial charge is 0.483 e. The Kier molecular flexibility index (Phi) is 5.07. The molecule has 1 aromatic rings. The second-order valence-corrected chi connectivity index (χ2v) is 8.11. The molecule has 1 saturated heterocycles. The second kappa shape index (κ2) is 6.96. The van der Waals surface area contributed by atoms with Gasteiger partial charge in [-0.2, -0.15) is 0 Å². The van der Waals surface area contributed by atoms with Gasteiger partial charge in [0.15, 0.2) is 6.61 Å². The molecule has 138 valence electrons. The van der Waals surface area contributed by atoms with Gasteiger partial charge in [0.25, 0.3) is 5.91 Å². The predicted molar refractivity (Wildman–Crippen MR) is 97.5 cm³/mol. The van der Waals surface area contributed by atoms with Crippen molar-refractivity contribution in [1.82, 2.24) is 9.80 Å². The van der Waals surface area contributed by atoms with Crippen LogP contribution in [0.4, 0.5) is 0 Å². The first kappa shape index (κ1) is 18.2. The summed E-state index contributed by atoms with van der Waals surface area (Å²) in [7, 11) is 5.66. The molecular weight excluding hydrogens is 316 g/mol. The van der Waals surface area contributed by atoms with Gasteiger partial charge < -0.3 is 14.4 Å². The Bertz CT molecular complexity index is 629. The third-order valence-corrected chi connectivity index (χ3v) is 5.76. The number of hydrogen-bond acceptors (Lipinski definition) is 4. The van der Waals surface area contributed by atoms with E-state index in [-0.39, 0.29) is 17.9 Å². The molecule has 1 aliphatic heterocycles. The van der Waals surface area contributed by atoms with Crippen molar-refractivity contribution in [2.75, 3.05) is 34.4 Å². The monoisotopic (exact) mass is 346 g/mol. The molecule has 2 aliphatic rings. The van der Waals surface area contributed by atoms with Crippen LogP contribution in [0.2, 0.25) is 0 Å². The van der Waals surface area contributed by atoms with Crippen LogP contribution in [0.25, 0.3) is 0 Å². The van der Waals surface area contributed by atoms with E-state index in [4.69, 9.17) is 9.47 Å². The van der Waals surface area contributed by atoms with Gasteiger partial charge in [-0.15, -0.1) is 0 Å². The summed E-state index contributed by atoms with van der Waals surface area (Å²) >= 11 is 0. The Morgan fingerprint density at radius 1 is 1.28 bits per heavy atom. The summed E-state index contributed by atoms with van der Waals surface area (Å²) in [4.78, 5) is 15.8. The number of hydrogen-bond donors (Lipinski definition) is 0. The highest BCUT2D eigenvalue weighted by Gasteiger charge is 2.60. The van der Waals surface area contributed by atoms with Gasteiger partial charge in [-0.3, -0.25) is 9.69 Å². The molecule has 0 unspecified atom stereocenters. The molecule has 1 heterocycles. The van der Waals surface area contributed by atoms with Gasteiger partial charge in [-0.1, -0.05) is 32.0 Å². The number of amides is 1. The van der Waals surface area contributed by atoms with Crippen LogP contribution in [-0.4, -0.2) is 62.2 Å². The van der Waals surface area contributed by atoms with Crippen LogP contribution in [0.15, 0.2) is 24.3 Å². The zero-order valence-electron chi connectivity index (χ0n) is 16.0. The zero-order valence-corrected chi connectivity index (χ0v) is 16.0. The number of nitrogens with zero attached hydrogens (tertiary/aromatic N) is 2. The van der Waals surface area contributed by atoms with E-state index in [2.05, 4.69) is 31.9 Å². The summed E-state index contributed by atoms with van der Waals surface area (Å²) in [6.07, 6.45) is 1.54. The third-order valence-electron chi connectivity index (χ3n) is 5.76. The maximum absolute atomic E-state index is 11.8. The number of para-hydroxylation sites is 1. The van der Waals surface area contributed by atoms with Gasteiger partial charge in [0.05, 0.1) is 6.10 Å². The number of ether oxygens (including phenoxy) is 2. The van der Waals surface area contributed by atoms with Gasteiger partial charge in [0, 0.05) is 50.2 Å². The summed E-state index contributed by atoms with van der Waals surface area (Å²) in [6.45, 7) is 6.37. The van der Waals surface area contributed by atoms with Crippen molar-refractivity contribution in [3.05, 3.63) is 29.8 Å². The van der Waals surface area contributed by atoms with Crippen LogP contribution < -0.4 is 4.74 Å². The summed E-state index contributed by atoms with van der Waals surface area (Å²) in [5, 5.41) is 0. The van der Waals surface area contributed by atoms with Crippen LogP contribution in [-0.2, 0) is 16.1 Å². The fourth-order valence-electron chi connectivity index (χ4n) is 4.60. The lowest BCUT2D eigenvalue weighted by molar-refractivity contribution is -0.151. The molecule has 1 aromatic carbocycles. The molecule has 2 fully saturated rings. The summed E-state index contributed by atoms with van der Waals surface area (Å²) in [5.74, 6) is 1.39. The van der Waals surface area contributed by atoms with Gasteiger partial charge in [-0.05, 0) is 19.5 Å². The Labute approximate surface area is 150 Å². The average Bonchev–Trinajstić information content (AvgIpc) is 2.99. The highest BCUT2D eigenvalue weighted by molar-refractivity contribution is 5.77. The zero-order chi connectivity index (χ0) is 18.2. The Morgan fingerprint density at radius 3 is 2.72 bits per heavy atom. The van der Waals surface area contributed by atoms with Crippen LogP contribution in [0.3, 0.4) is 0 Å². The van der Waals surface area contributed by atoms with E-state index in [1.54, 1.807) is 19.0 Å². The number of fused-ring (bicyclic) bond motifs is 1. The Hall–Kier alpha value is -1.59. The Morgan fingerprint density at radius 2 is 2.00 bits per heavy atom. The van der Waals surface area contributed by atoms with E-state index < -0.39 is 0 Å². The molecule has 0 N–H and O–H groups in total. The number of carbonyl (C=O) groups is 1. The molecule has 1 saturated carbocycles. The molecule has 0 aromatic heterocycles. The smallest absolute Gasteiger partial charge is 0.259 e. The number of rotatable bonds is 6. The molecule has 5 heteroatoms. The lowest BCUT2D eigenvalue weighted by atomic mass is 9.57. The van der Waals surface area contributed by atoms with E-state index >= 15 is 0 Å². The SMILES string of the molecule is CN(C)C(=O)COc1ccccc1CN(C)[C@@H]1[C@H]2CCO[C@H]2C1(C)C. The molecule has 0 radical (unpaired) electrons. The van der Waals surface area contributed by atoms with Gasteiger partial charge in [0.2, 0.25) is 0 Å². The molecule has 3 rings (SSSR count). The lowest BCUT2D eigenvalue weighted by Crippen LogP contribution is -2.65. The van der Waals surface area contributed by atoms with Crippen molar-refractivity contribution in [3.63, 3.8) is 0 Å². The van der Waals surface area contributed by atoms with Crippen molar-refractivity contribution in [2.24, 2.45) is 11.3 Å². The van der Waals surface area contributed by atoms with Gasteiger partial charge in [-0.25, -0.2) is 0 Å². The maximum atomic E-state index is 11.8. The Balaban J connectivity index is 1.67. The maximum Gasteiger partial charge on any atom is 0.259 e. The van der Waals surface area contributed by atoms with E-state index in [1.807, 2.05) is 18.2 Å². The topological polar surface area (TPSA) is 42.0 Å². The van der Waals surface area contributed by atoms with E-state index in [0.717, 1.165) is 30.9 Å². The van der Waals surface area contributed by atoms with E-state index in [9.17, 15) is 4.79 Å². The second-order valence-electron chi connectivity index (χ2n) is 8.11. The highest BCUT2D eigenvalue weighted by Crippen LogP contribution is 2.54. The summed E-state index contributed by atoms with van der Waals surface area (Å²) < 4.78 is 11.7. The number of likely N-dealkylation sites (N-methyl/N-ethyl adjacent to an activating group) is 1. The van der Waals surface area contributed by atoms with Crippen LogP contribution in [0, 0.1) is 11.3 Å².